The zero-order valence-corrected chi connectivity index (χ0v) is 13.7. The number of rotatable bonds is 3. The van der Waals surface area contributed by atoms with Gasteiger partial charge in [0, 0.05) is 36.1 Å². The van der Waals surface area contributed by atoms with Gasteiger partial charge in [-0.05, 0) is 37.5 Å². The summed E-state index contributed by atoms with van der Waals surface area (Å²) in [6.45, 7) is 1.03. The number of benzene rings is 1. The maximum Gasteiger partial charge on any atom is 0.274 e. The van der Waals surface area contributed by atoms with Gasteiger partial charge in [-0.3, -0.25) is 0 Å². The number of furan rings is 1. The maximum absolute atomic E-state index is 13.3. The van der Waals surface area contributed by atoms with Crippen LogP contribution >= 0.6 is 0 Å². The number of ether oxygens (including phenoxy) is 1. The first-order valence-electron chi connectivity index (χ1n) is 7.88. The van der Waals surface area contributed by atoms with Crippen molar-refractivity contribution >= 4 is 21.0 Å². The van der Waals surface area contributed by atoms with E-state index in [0.29, 0.717) is 43.4 Å². The number of fused-ring (bicyclic) bond motifs is 1. The number of nitrogens with one attached hydrogen (secondary N) is 1. The molecule has 1 aliphatic carbocycles. The fourth-order valence-electron chi connectivity index (χ4n) is 3.73. The SMILES string of the molecule is O=S(=O)(N[C@@H]1C[C@@H](O)C12CCOCC2)c1cc2cc(F)ccc2o1. The molecule has 2 N–H and O–H groups in total. The van der Waals surface area contributed by atoms with Crippen molar-refractivity contribution in [2.45, 2.75) is 36.5 Å². The maximum atomic E-state index is 13.3. The third-order valence-electron chi connectivity index (χ3n) is 5.26. The van der Waals surface area contributed by atoms with Crippen LogP contribution in [0.15, 0.2) is 33.8 Å². The van der Waals surface area contributed by atoms with Gasteiger partial charge in [-0.1, -0.05) is 0 Å². The van der Waals surface area contributed by atoms with E-state index in [9.17, 15) is 17.9 Å². The monoisotopic (exact) mass is 355 g/mol. The van der Waals surface area contributed by atoms with Crippen LogP contribution in [0.5, 0.6) is 0 Å². The van der Waals surface area contributed by atoms with Gasteiger partial charge in [0.1, 0.15) is 11.4 Å². The van der Waals surface area contributed by atoms with Crippen LogP contribution in [0.1, 0.15) is 19.3 Å². The lowest BCUT2D eigenvalue weighted by molar-refractivity contribution is -0.143. The van der Waals surface area contributed by atoms with E-state index in [1.807, 2.05) is 0 Å². The minimum atomic E-state index is -3.88. The molecule has 1 spiro atoms. The molecule has 1 aliphatic heterocycles. The van der Waals surface area contributed by atoms with E-state index < -0.39 is 27.4 Å². The first kappa shape index (κ1) is 16.0. The summed E-state index contributed by atoms with van der Waals surface area (Å²) in [6.07, 6.45) is 1.08. The predicted molar refractivity (Wildman–Crippen MR) is 83.4 cm³/mol. The number of aliphatic hydroxyl groups excluding tert-OH is 1. The zero-order chi connectivity index (χ0) is 16.9. The Kier molecular flexibility index (Phi) is 3.68. The molecule has 2 atom stereocenters. The van der Waals surface area contributed by atoms with Gasteiger partial charge in [-0.15, -0.1) is 0 Å². The van der Waals surface area contributed by atoms with Gasteiger partial charge in [-0.25, -0.2) is 17.5 Å². The van der Waals surface area contributed by atoms with Crippen LogP contribution in [-0.2, 0) is 14.8 Å². The lowest BCUT2D eigenvalue weighted by atomic mass is 9.58. The van der Waals surface area contributed by atoms with Crippen molar-refractivity contribution in [2.75, 3.05) is 13.2 Å². The molecule has 8 heteroatoms. The number of hydrogen-bond acceptors (Lipinski definition) is 5. The summed E-state index contributed by atoms with van der Waals surface area (Å²) in [7, 11) is -3.88. The Morgan fingerprint density at radius 2 is 2.00 bits per heavy atom. The molecule has 0 unspecified atom stereocenters. The van der Waals surface area contributed by atoms with Gasteiger partial charge in [0.2, 0.25) is 5.09 Å². The fraction of sp³-hybridized carbons (Fsp3) is 0.500. The molecule has 2 aliphatic rings. The number of aliphatic hydroxyl groups is 1. The van der Waals surface area contributed by atoms with Crippen molar-refractivity contribution in [3.8, 4) is 0 Å². The van der Waals surface area contributed by atoms with E-state index in [2.05, 4.69) is 4.72 Å². The van der Waals surface area contributed by atoms with Crippen LogP contribution in [0.2, 0.25) is 0 Å². The number of sulfonamides is 1. The molecule has 2 fully saturated rings. The van der Waals surface area contributed by atoms with E-state index >= 15 is 0 Å². The Morgan fingerprint density at radius 3 is 2.71 bits per heavy atom. The van der Waals surface area contributed by atoms with Crippen LogP contribution in [-0.4, -0.2) is 38.9 Å². The minimum Gasteiger partial charge on any atom is -0.443 e. The summed E-state index contributed by atoms with van der Waals surface area (Å²) in [5.41, 5.74) is -0.158. The summed E-state index contributed by atoms with van der Waals surface area (Å²) in [5.74, 6) is -0.455. The van der Waals surface area contributed by atoms with E-state index in [1.165, 1.54) is 24.3 Å². The summed E-state index contributed by atoms with van der Waals surface area (Å²) in [6, 6.07) is 4.80. The molecule has 1 aromatic heterocycles. The second-order valence-corrected chi connectivity index (χ2v) is 8.16. The van der Waals surface area contributed by atoms with Crippen LogP contribution in [0.3, 0.4) is 0 Å². The lowest BCUT2D eigenvalue weighted by Crippen LogP contribution is -2.65. The van der Waals surface area contributed by atoms with E-state index in [0.717, 1.165) is 0 Å². The van der Waals surface area contributed by atoms with Gasteiger partial charge >= 0.3 is 0 Å². The highest BCUT2D eigenvalue weighted by molar-refractivity contribution is 7.89. The molecule has 1 aromatic carbocycles. The Morgan fingerprint density at radius 1 is 1.25 bits per heavy atom. The summed E-state index contributed by atoms with van der Waals surface area (Å²) in [4.78, 5) is 0. The summed E-state index contributed by atoms with van der Waals surface area (Å²) >= 11 is 0. The standard InChI is InChI=1S/C16H18FNO5S/c17-11-1-2-12-10(7-11)8-15(23-12)24(20,21)18-13-9-14(19)16(13)3-5-22-6-4-16/h1-2,7-8,13-14,18-19H,3-6,9H2/t13-,14-/m1/s1. The van der Waals surface area contributed by atoms with Crippen molar-refractivity contribution in [1.82, 2.24) is 4.72 Å². The highest BCUT2D eigenvalue weighted by Crippen LogP contribution is 2.49. The van der Waals surface area contributed by atoms with Gasteiger partial charge in [-0.2, -0.15) is 0 Å². The van der Waals surface area contributed by atoms with E-state index in [-0.39, 0.29) is 11.1 Å². The average Bonchev–Trinajstić information content (AvgIpc) is 2.99. The largest absolute Gasteiger partial charge is 0.443 e. The van der Waals surface area contributed by atoms with Crippen molar-refractivity contribution < 1.29 is 27.1 Å². The van der Waals surface area contributed by atoms with Gasteiger partial charge in [0.15, 0.2) is 0 Å². The topological polar surface area (TPSA) is 88.8 Å². The molecule has 0 amide bonds. The van der Waals surface area contributed by atoms with Crippen molar-refractivity contribution in [1.29, 1.82) is 0 Å². The summed E-state index contributed by atoms with van der Waals surface area (Å²) in [5, 5.41) is 10.3. The molecular weight excluding hydrogens is 337 g/mol. The minimum absolute atomic E-state index is 0.244. The molecule has 0 bridgehead atoms. The third kappa shape index (κ3) is 2.45. The average molecular weight is 355 g/mol. The fourth-order valence-corrected chi connectivity index (χ4v) is 5.03. The third-order valence-corrected chi connectivity index (χ3v) is 6.58. The number of hydrogen-bond donors (Lipinski definition) is 2. The number of halogens is 1. The Bertz CT molecular complexity index is 872. The molecule has 2 aromatic rings. The lowest BCUT2D eigenvalue weighted by Gasteiger charge is -2.55. The molecule has 24 heavy (non-hydrogen) atoms. The van der Waals surface area contributed by atoms with Crippen LogP contribution in [0.4, 0.5) is 4.39 Å². The Balaban J connectivity index is 1.60. The quantitative estimate of drug-likeness (QED) is 0.876. The van der Waals surface area contributed by atoms with Crippen LogP contribution in [0, 0.1) is 11.2 Å². The molecule has 0 radical (unpaired) electrons. The molecule has 1 saturated heterocycles. The summed E-state index contributed by atoms with van der Waals surface area (Å²) < 4.78 is 51.8. The van der Waals surface area contributed by atoms with E-state index in [1.54, 1.807) is 0 Å². The van der Waals surface area contributed by atoms with Crippen LogP contribution in [0.25, 0.3) is 11.0 Å². The van der Waals surface area contributed by atoms with Gasteiger partial charge in [0.05, 0.1) is 6.10 Å². The second-order valence-electron chi connectivity index (χ2n) is 6.52. The van der Waals surface area contributed by atoms with Crippen molar-refractivity contribution in [3.05, 3.63) is 30.1 Å². The van der Waals surface area contributed by atoms with E-state index in [4.69, 9.17) is 9.15 Å². The first-order chi connectivity index (χ1) is 11.4. The van der Waals surface area contributed by atoms with Gasteiger partial charge in [0.25, 0.3) is 10.0 Å². The molecule has 1 saturated carbocycles. The molecule has 2 heterocycles. The molecule has 6 nitrogen and oxygen atoms in total. The Labute approximate surface area is 138 Å². The smallest absolute Gasteiger partial charge is 0.274 e. The predicted octanol–water partition coefficient (Wildman–Crippen LogP) is 1.78. The second kappa shape index (κ2) is 5.52. The Hall–Kier alpha value is -1.48. The normalized spacial score (nSPS) is 26.6. The first-order valence-corrected chi connectivity index (χ1v) is 9.36. The molecular formula is C16H18FNO5S. The van der Waals surface area contributed by atoms with Crippen molar-refractivity contribution in [2.24, 2.45) is 5.41 Å². The van der Waals surface area contributed by atoms with Crippen LogP contribution < -0.4 is 4.72 Å². The highest BCUT2D eigenvalue weighted by Gasteiger charge is 2.56. The van der Waals surface area contributed by atoms with Gasteiger partial charge < -0.3 is 14.3 Å². The molecule has 130 valence electrons. The highest BCUT2D eigenvalue weighted by atomic mass is 32.2. The zero-order valence-electron chi connectivity index (χ0n) is 12.9. The molecule has 4 rings (SSSR count). The van der Waals surface area contributed by atoms with Crippen molar-refractivity contribution in [3.63, 3.8) is 0 Å².